The van der Waals surface area contributed by atoms with E-state index in [1.807, 2.05) is 31.2 Å². The molecule has 0 spiro atoms. The molecule has 0 bridgehead atoms. The second-order valence-electron chi connectivity index (χ2n) is 2.88. The Balaban J connectivity index is 2.73. The normalized spacial score (nSPS) is 12.2. The Hall–Kier alpha value is -1.35. The lowest BCUT2D eigenvalue weighted by molar-refractivity contribution is -0.109. The number of aliphatic hydroxyl groups is 1. The number of nitrogens with one attached hydrogen (secondary N) is 1. The third-order valence-electron chi connectivity index (χ3n) is 1.85. The van der Waals surface area contributed by atoms with Gasteiger partial charge >= 0.3 is 0 Å². The summed E-state index contributed by atoms with van der Waals surface area (Å²) in [5.41, 5.74) is 1.94. The molecule has 0 amide bonds. The second-order valence-corrected chi connectivity index (χ2v) is 2.88. The molecule has 3 heteroatoms. The molecule has 0 radical (unpaired) electrons. The molecule has 0 aliphatic rings. The van der Waals surface area contributed by atoms with Gasteiger partial charge in [0.25, 0.3) is 0 Å². The lowest BCUT2D eigenvalue weighted by Crippen LogP contribution is -2.25. The zero-order valence-electron chi connectivity index (χ0n) is 7.53. The second kappa shape index (κ2) is 4.62. The SMILES string of the molecule is Cc1ccccc1N[C@H](C=O)CO. The van der Waals surface area contributed by atoms with Gasteiger partial charge in [0.15, 0.2) is 0 Å². The van der Waals surface area contributed by atoms with Gasteiger partial charge in [0.2, 0.25) is 0 Å². The van der Waals surface area contributed by atoms with E-state index in [0.717, 1.165) is 11.3 Å². The van der Waals surface area contributed by atoms with Gasteiger partial charge in [-0.25, -0.2) is 0 Å². The van der Waals surface area contributed by atoms with Crippen LogP contribution in [0.3, 0.4) is 0 Å². The van der Waals surface area contributed by atoms with Crippen molar-refractivity contribution < 1.29 is 9.90 Å². The number of hydrogen-bond donors (Lipinski definition) is 2. The Kier molecular flexibility index (Phi) is 3.46. The van der Waals surface area contributed by atoms with Crippen molar-refractivity contribution in [1.82, 2.24) is 0 Å². The quantitative estimate of drug-likeness (QED) is 0.677. The highest BCUT2D eigenvalue weighted by Crippen LogP contribution is 2.13. The Bertz CT molecular complexity index is 286. The van der Waals surface area contributed by atoms with Crippen LogP contribution in [-0.4, -0.2) is 24.0 Å². The molecule has 3 nitrogen and oxygen atoms in total. The monoisotopic (exact) mass is 179 g/mol. The average Bonchev–Trinajstić information content (AvgIpc) is 2.17. The predicted octanol–water partition coefficient (Wildman–Crippen LogP) is 0.967. The van der Waals surface area contributed by atoms with Crippen molar-refractivity contribution >= 4 is 12.0 Å². The topological polar surface area (TPSA) is 49.3 Å². The van der Waals surface area contributed by atoms with Crippen LogP contribution < -0.4 is 5.32 Å². The van der Waals surface area contributed by atoms with Crippen LogP contribution in [0.4, 0.5) is 5.69 Å². The van der Waals surface area contributed by atoms with Crippen molar-refractivity contribution in [2.45, 2.75) is 13.0 Å². The molecule has 0 aliphatic carbocycles. The standard InChI is InChI=1S/C10H13NO2/c1-8-4-2-3-5-10(8)11-9(6-12)7-13/h2-6,9,11,13H,7H2,1H3/t9-/m1/s1. The first kappa shape index (κ1) is 9.74. The zero-order chi connectivity index (χ0) is 9.68. The Morgan fingerprint density at radius 2 is 2.23 bits per heavy atom. The lowest BCUT2D eigenvalue weighted by Gasteiger charge is -2.12. The highest BCUT2D eigenvalue weighted by Gasteiger charge is 2.05. The molecule has 2 N–H and O–H groups in total. The van der Waals surface area contributed by atoms with Gasteiger partial charge in [-0.15, -0.1) is 0 Å². The van der Waals surface area contributed by atoms with Crippen molar-refractivity contribution in [3.05, 3.63) is 29.8 Å². The van der Waals surface area contributed by atoms with Gasteiger partial charge in [-0.05, 0) is 18.6 Å². The lowest BCUT2D eigenvalue weighted by atomic mass is 10.2. The number of hydrogen-bond acceptors (Lipinski definition) is 3. The molecule has 0 aromatic heterocycles. The molecule has 1 atom stereocenters. The maximum absolute atomic E-state index is 10.4. The highest BCUT2D eigenvalue weighted by atomic mass is 16.3. The summed E-state index contributed by atoms with van der Waals surface area (Å²) in [6.07, 6.45) is 0.701. The third-order valence-corrected chi connectivity index (χ3v) is 1.85. The number of rotatable bonds is 4. The summed E-state index contributed by atoms with van der Waals surface area (Å²) in [7, 11) is 0. The summed E-state index contributed by atoms with van der Waals surface area (Å²) < 4.78 is 0. The van der Waals surface area contributed by atoms with Crippen LogP contribution in [-0.2, 0) is 4.79 Å². The molecular formula is C10H13NO2. The fraction of sp³-hybridized carbons (Fsp3) is 0.300. The predicted molar refractivity (Wildman–Crippen MR) is 51.7 cm³/mol. The smallest absolute Gasteiger partial charge is 0.144 e. The molecule has 0 aliphatic heterocycles. The van der Waals surface area contributed by atoms with Gasteiger partial charge in [-0.1, -0.05) is 18.2 Å². The molecule has 70 valence electrons. The zero-order valence-corrected chi connectivity index (χ0v) is 7.53. The first-order valence-corrected chi connectivity index (χ1v) is 4.16. The van der Waals surface area contributed by atoms with Crippen LogP contribution in [0.5, 0.6) is 0 Å². The largest absolute Gasteiger partial charge is 0.394 e. The van der Waals surface area contributed by atoms with Crippen molar-refractivity contribution in [2.24, 2.45) is 0 Å². The molecule has 1 rings (SSSR count). The van der Waals surface area contributed by atoms with E-state index in [-0.39, 0.29) is 6.61 Å². The molecular weight excluding hydrogens is 166 g/mol. The van der Waals surface area contributed by atoms with E-state index in [0.29, 0.717) is 6.29 Å². The van der Waals surface area contributed by atoms with Gasteiger partial charge < -0.3 is 15.2 Å². The van der Waals surface area contributed by atoms with Crippen LogP contribution in [0.1, 0.15) is 5.56 Å². The van der Waals surface area contributed by atoms with Crippen molar-refractivity contribution in [3.63, 3.8) is 0 Å². The molecule has 1 aromatic carbocycles. The van der Waals surface area contributed by atoms with Gasteiger partial charge in [-0.3, -0.25) is 0 Å². The van der Waals surface area contributed by atoms with Crippen molar-refractivity contribution in [2.75, 3.05) is 11.9 Å². The number of aldehydes is 1. The number of carbonyl (C=O) groups excluding carboxylic acids is 1. The van der Waals surface area contributed by atoms with Crippen LogP contribution in [0.15, 0.2) is 24.3 Å². The number of aryl methyl sites for hydroxylation is 1. The van der Waals surface area contributed by atoms with E-state index in [1.54, 1.807) is 0 Å². The van der Waals surface area contributed by atoms with Crippen LogP contribution in [0, 0.1) is 6.92 Å². The van der Waals surface area contributed by atoms with Crippen LogP contribution in [0.2, 0.25) is 0 Å². The van der Waals surface area contributed by atoms with Crippen molar-refractivity contribution in [3.8, 4) is 0 Å². The first-order valence-electron chi connectivity index (χ1n) is 4.16. The minimum atomic E-state index is -0.513. The highest BCUT2D eigenvalue weighted by molar-refractivity contribution is 5.65. The van der Waals surface area contributed by atoms with E-state index in [2.05, 4.69) is 5.32 Å². The van der Waals surface area contributed by atoms with E-state index in [9.17, 15) is 4.79 Å². The summed E-state index contributed by atoms with van der Waals surface area (Å²) in [6, 6.07) is 7.12. The Morgan fingerprint density at radius 3 is 2.77 bits per heavy atom. The number of benzene rings is 1. The van der Waals surface area contributed by atoms with Gasteiger partial charge in [-0.2, -0.15) is 0 Å². The van der Waals surface area contributed by atoms with E-state index in [4.69, 9.17) is 5.11 Å². The maximum Gasteiger partial charge on any atom is 0.144 e. The van der Waals surface area contributed by atoms with Gasteiger partial charge in [0.05, 0.1) is 6.61 Å². The first-order chi connectivity index (χ1) is 6.27. The Morgan fingerprint density at radius 1 is 1.54 bits per heavy atom. The molecule has 0 heterocycles. The third kappa shape index (κ3) is 2.56. The average molecular weight is 179 g/mol. The fourth-order valence-electron chi connectivity index (χ4n) is 1.06. The van der Waals surface area contributed by atoms with Gasteiger partial charge in [0.1, 0.15) is 12.3 Å². The minimum absolute atomic E-state index is 0.183. The summed E-state index contributed by atoms with van der Waals surface area (Å²) in [5.74, 6) is 0. The molecule has 0 fully saturated rings. The number of carbonyl (C=O) groups is 1. The molecule has 1 aromatic rings. The summed E-state index contributed by atoms with van der Waals surface area (Å²) in [5, 5.41) is 11.7. The number of para-hydroxylation sites is 1. The fourth-order valence-corrected chi connectivity index (χ4v) is 1.06. The van der Waals surface area contributed by atoms with Gasteiger partial charge in [0, 0.05) is 5.69 Å². The van der Waals surface area contributed by atoms with Crippen LogP contribution in [0.25, 0.3) is 0 Å². The molecule has 0 unspecified atom stereocenters. The summed E-state index contributed by atoms with van der Waals surface area (Å²) in [6.45, 7) is 1.76. The number of aliphatic hydroxyl groups excluding tert-OH is 1. The Labute approximate surface area is 77.4 Å². The molecule has 0 saturated carbocycles. The molecule has 13 heavy (non-hydrogen) atoms. The van der Waals surface area contributed by atoms with E-state index >= 15 is 0 Å². The summed E-state index contributed by atoms with van der Waals surface area (Å²) in [4.78, 5) is 10.4. The van der Waals surface area contributed by atoms with E-state index < -0.39 is 6.04 Å². The minimum Gasteiger partial charge on any atom is -0.394 e. The maximum atomic E-state index is 10.4. The van der Waals surface area contributed by atoms with E-state index in [1.165, 1.54) is 0 Å². The number of anilines is 1. The van der Waals surface area contributed by atoms with Crippen molar-refractivity contribution in [1.29, 1.82) is 0 Å². The summed E-state index contributed by atoms with van der Waals surface area (Å²) >= 11 is 0. The molecule has 0 saturated heterocycles. The van der Waals surface area contributed by atoms with Crippen LogP contribution >= 0.6 is 0 Å².